The van der Waals surface area contributed by atoms with E-state index < -0.39 is 11.6 Å². The molecule has 0 bridgehead atoms. The number of H-pyrrole nitrogens is 1. The highest BCUT2D eigenvalue weighted by Crippen LogP contribution is 2.34. The molecular formula is C19H22Cl2F2N4. The van der Waals surface area contributed by atoms with Gasteiger partial charge in [-0.05, 0) is 55.6 Å². The average Bonchev–Trinajstić information content (AvgIpc) is 3.05. The summed E-state index contributed by atoms with van der Waals surface area (Å²) in [6.45, 7) is 2.98. The quantitative estimate of drug-likeness (QED) is 0.576. The number of fused-ring (bicyclic) bond motifs is 1. The second kappa shape index (κ2) is 9.35. The van der Waals surface area contributed by atoms with Gasteiger partial charge >= 0.3 is 0 Å². The Kier molecular flexibility index (Phi) is 7.41. The standard InChI is InChI=1S/C19H20F2N4.2ClH/c20-14-7-13(8-15(21)9-14)16-11-25-19-18(16)17(3-6-23-19)24-10-12-1-4-22-5-2-12;;/h3,6-9,11-12,22H,1-2,4-5,10H2,(H2,23,24,25);2*1H. The van der Waals surface area contributed by atoms with Crippen LogP contribution in [0.2, 0.25) is 0 Å². The maximum Gasteiger partial charge on any atom is 0.139 e. The molecule has 2 aromatic heterocycles. The van der Waals surface area contributed by atoms with Gasteiger partial charge in [-0.2, -0.15) is 0 Å². The van der Waals surface area contributed by atoms with Gasteiger partial charge in [0.05, 0.1) is 0 Å². The van der Waals surface area contributed by atoms with Crippen LogP contribution in [0.4, 0.5) is 14.5 Å². The predicted molar refractivity (Wildman–Crippen MR) is 110 cm³/mol. The molecule has 3 heterocycles. The van der Waals surface area contributed by atoms with Crippen LogP contribution in [0.3, 0.4) is 0 Å². The van der Waals surface area contributed by atoms with Gasteiger partial charge in [0.25, 0.3) is 0 Å². The molecule has 27 heavy (non-hydrogen) atoms. The van der Waals surface area contributed by atoms with Crippen LogP contribution in [0, 0.1) is 17.6 Å². The van der Waals surface area contributed by atoms with Crippen LogP contribution in [0.15, 0.2) is 36.7 Å². The summed E-state index contributed by atoms with van der Waals surface area (Å²) in [4.78, 5) is 7.43. The van der Waals surface area contributed by atoms with Crippen LogP contribution in [0.25, 0.3) is 22.2 Å². The van der Waals surface area contributed by atoms with Crippen molar-refractivity contribution in [1.29, 1.82) is 0 Å². The molecule has 1 saturated heterocycles. The zero-order valence-corrected chi connectivity index (χ0v) is 16.2. The molecule has 1 fully saturated rings. The maximum atomic E-state index is 13.6. The van der Waals surface area contributed by atoms with E-state index in [-0.39, 0.29) is 24.8 Å². The van der Waals surface area contributed by atoms with Crippen molar-refractivity contribution in [3.8, 4) is 11.1 Å². The molecule has 0 saturated carbocycles. The molecule has 1 aliphatic heterocycles. The average molecular weight is 415 g/mol. The molecule has 8 heteroatoms. The Morgan fingerprint density at radius 3 is 2.48 bits per heavy atom. The van der Waals surface area contributed by atoms with Crippen molar-refractivity contribution in [2.45, 2.75) is 12.8 Å². The number of aromatic amines is 1. The highest BCUT2D eigenvalue weighted by Gasteiger charge is 2.16. The highest BCUT2D eigenvalue weighted by atomic mass is 35.5. The number of hydrogen-bond acceptors (Lipinski definition) is 3. The number of aromatic nitrogens is 2. The van der Waals surface area contributed by atoms with Gasteiger partial charge in [0.15, 0.2) is 0 Å². The number of anilines is 1. The molecule has 0 radical (unpaired) electrons. The summed E-state index contributed by atoms with van der Waals surface area (Å²) in [7, 11) is 0. The Bertz CT molecular complexity index is 874. The van der Waals surface area contributed by atoms with Crippen LogP contribution in [-0.4, -0.2) is 29.6 Å². The molecule has 0 spiro atoms. The zero-order valence-electron chi connectivity index (χ0n) is 14.6. The first kappa shape index (κ1) is 21.4. The number of nitrogens with zero attached hydrogens (tertiary/aromatic N) is 1. The van der Waals surface area contributed by atoms with Crippen molar-refractivity contribution in [3.05, 3.63) is 48.3 Å². The number of hydrogen-bond donors (Lipinski definition) is 3. The second-order valence-corrected chi connectivity index (χ2v) is 6.52. The second-order valence-electron chi connectivity index (χ2n) is 6.52. The lowest BCUT2D eigenvalue weighted by molar-refractivity contribution is 0.390. The molecule has 0 atom stereocenters. The Labute approximate surface area is 169 Å². The first-order chi connectivity index (χ1) is 12.2. The zero-order chi connectivity index (χ0) is 17.2. The molecule has 0 aliphatic carbocycles. The molecule has 4 rings (SSSR count). The lowest BCUT2D eigenvalue weighted by atomic mass is 9.98. The molecule has 4 nitrogen and oxygen atoms in total. The first-order valence-electron chi connectivity index (χ1n) is 8.58. The summed E-state index contributed by atoms with van der Waals surface area (Å²) in [5.74, 6) is -0.548. The van der Waals surface area contributed by atoms with Gasteiger partial charge in [0, 0.05) is 41.6 Å². The molecule has 1 aliphatic rings. The number of nitrogens with one attached hydrogen (secondary N) is 3. The minimum Gasteiger partial charge on any atom is -0.384 e. The van der Waals surface area contributed by atoms with Gasteiger partial charge in [-0.1, -0.05) is 0 Å². The fourth-order valence-corrected chi connectivity index (χ4v) is 3.48. The van der Waals surface area contributed by atoms with E-state index >= 15 is 0 Å². The Morgan fingerprint density at radius 2 is 1.78 bits per heavy atom. The van der Waals surface area contributed by atoms with E-state index in [0.717, 1.165) is 55.2 Å². The van der Waals surface area contributed by atoms with Gasteiger partial charge < -0.3 is 15.6 Å². The van der Waals surface area contributed by atoms with Gasteiger partial charge in [0.2, 0.25) is 0 Å². The minimum absolute atomic E-state index is 0. The summed E-state index contributed by atoms with van der Waals surface area (Å²) < 4.78 is 27.2. The van der Waals surface area contributed by atoms with Crippen molar-refractivity contribution in [2.75, 3.05) is 25.0 Å². The number of halogens is 4. The summed E-state index contributed by atoms with van der Waals surface area (Å²) in [5, 5.41) is 7.74. The lowest BCUT2D eigenvalue weighted by Gasteiger charge is -2.23. The van der Waals surface area contributed by atoms with Crippen LogP contribution >= 0.6 is 24.8 Å². The van der Waals surface area contributed by atoms with Crippen molar-refractivity contribution in [3.63, 3.8) is 0 Å². The molecule has 3 N–H and O–H groups in total. The van der Waals surface area contributed by atoms with E-state index in [1.807, 2.05) is 6.07 Å². The summed E-state index contributed by atoms with van der Waals surface area (Å²) in [6, 6.07) is 5.48. The van der Waals surface area contributed by atoms with Crippen molar-refractivity contribution >= 4 is 41.5 Å². The number of piperidine rings is 1. The van der Waals surface area contributed by atoms with Crippen LogP contribution in [-0.2, 0) is 0 Å². The van der Waals surface area contributed by atoms with E-state index in [9.17, 15) is 8.78 Å². The Hall–Kier alpha value is -1.89. The predicted octanol–water partition coefficient (Wildman–Crippen LogP) is 4.76. The largest absolute Gasteiger partial charge is 0.384 e. The third-order valence-corrected chi connectivity index (χ3v) is 4.79. The molecule has 146 valence electrons. The van der Waals surface area contributed by atoms with E-state index in [0.29, 0.717) is 17.1 Å². The fraction of sp³-hybridized carbons (Fsp3) is 0.316. The Balaban J connectivity index is 0.00000131. The molecule has 0 unspecified atom stereocenters. The number of pyridine rings is 1. The van der Waals surface area contributed by atoms with Crippen LogP contribution in [0.1, 0.15) is 12.8 Å². The summed E-state index contributed by atoms with van der Waals surface area (Å²) in [5.41, 5.74) is 2.88. The third-order valence-electron chi connectivity index (χ3n) is 4.79. The normalized spacial score (nSPS) is 14.4. The van der Waals surface area contributed by atoms with Gasteiger partial charge in [-0.25, -0.2) is 13.8 Å². The van der Waals surface area contributed by atoms with E-state index in [4.69, 9.17) is 0 Å². The van der Waals surface area contributed by atoms with Gasteiger partial charge in [-0.3, -0.25) is 0 Å². The van der Waals surface area contributed by atoms with Crippen LogP contribution < -0.4 is 10.6 Å². The minimum atomic E-state index is -0.586. The topological polar surface area (TPSA) is 52.7 Å². The lowest BCUT2D eigenvalue weighted by Crippen LogP contribution is -2.31. The smallest absolute Gasteiger partial charge is 0.139 e. The molecule has 3 aromatic rings. The highest BCUT2D eigenvalue weighted by molar-refractivity contribution is 6.02. The van der Waals surface area contributed by atoms with Crippen molar-refractivity contribution < 1.29 is 8.78 Å². The van der Waals surface area contributed by atoms with Gasteiger partial charge in [0.1, 0.15) is 17.3 Å². The molecule has 1 aromatic carbocycles. The molecular weight excluding hydrogens is 393 g/mol. The van der Waals surface area contributed by atoms with Crippen molar-refractivity contribution in [2.24, 2.45) is 5.92 Å². The van der Waals surface area contributed by atoms with Crippen molar-refractivity contribution in [1.82, 2.24) is 15.3 Å². The summed E-state index contributed by atoms with van der Waals surface area (Å²) in [6.07, 6.45) is 5.79. The monoisotopic (exact) mass is 414 g/mol. The van der Waals surface area contributed by atoms with E-state index in [1.54, 1.807) is 12.4 Å². The Morgan fingerprint density at radius 1 is 1.07 bits per heavy atom. The van der Waals surface area contributed by atoms with E-state index in [2.05, 4.69) is 20.6 Å². The first-order valence-corrected chi connectivity index (χ1v) is 8.58. The number of rotatable bonds is 4. The SMILES string of the molecule is Cl.Cl.Fc1cc(F)cc(-c2c[nH]c3nccc(NCC4CCNCC4)c23)c1. The van der Waals surface area contributed by atoms with Crippen LogP contribution in [0.5, 0.6) is 0 Å². The fourth-order valence-electron chi connectivity index (χ4n) is 3.48. The van der Waals surface area contributed by atoms with E-state index in [1.165, 1.54) is 12.1 Å². The third kappa shape index (κ3) is 4.69. The molecule has 0 amide bonds. The maximum absolute atomic E-state index is 13.6. The van der Waals surface area contributed by atoms with Gasteiger partial charge in [-0.15, -0.1) is 24.8 Å². The summed E-state index contributed by atoms with van der Waals surface area (Å²) >= 11 is 0. The number of benzene rings is 1.